The molecule has 60 valence electrons. The van der Waals surface area contributed by atoms with Crippen LogP contribution in [0.25, 0.3) is 0 Å². The lowest BCUT2D eigenvalue weighted by Gasteiger charge is -2.02. The Morgan fingerprint density at radius 1 is 1.27 bits per heavy atom. The molecule has 0 saturated heterocycles. The first kappa shape index (κ1) is 10.1. The van der Waals surface area contributed by atoms with Gasteiger partial charge in [-0.2, -0.15) is 0 Å². The van der Waals surface area contributed by atoms with Crippen molar-refractivity contribution in [3.63, 3.8) is 0 Å². The fourth-order valence-corrected chi connectivity index (χ4v) is 2.85. The van der Waals surface area contributed by atoms with Crippen molar-refractivity contribution in [3.8, 4) is 0 Å². The molecule has 0 spiro atoms. The summed E-state index contributed by atoms with van der Waals surface area (Å²) in [5.74, 6) is 0. The standard InChI is InChI=1S/C7H4BrCl2I/c8-3-4-1-5(9)6(10)2-7(4)11/h1-2H,3H2. The van der Waals surface area contributed by atoms with Crippen molar-refractivity contribution in [2.24, 2.45) is 0 Å². The molecule has 0 radical (unpaired) electrons. The molecule has 0 nitrogen and oxygen atoms in total. The molecular weight excluding hydrogens is 362 g/mol. The summed E-state index contributed by atoms with van der Waals surface area (Å²) in [7, 11) is 0. The van der Waals surface area contributed by atoms with E-state index in [1.165, 1.54) is 5.56 Å². The second-order valence-corrected chi connectivity index (χ2v) is 4.53. The first-order chi connectivity index (χ1) is 5.15. The van der Waals surface area contributed by atoms with Gasteiger partial charge in [0, 0.05) is 8.90 Å². The monoisotopic (exact) mass is 364 g/mol. The highest BCUT2D eigenvalue weighted by Gasteiger charge is 2.03. The van der Waals surface area contributed by atoms with E-state index in [-0.39, 0.29) is 0 Å². The van der Waals surface area contributed by atoms with Crippen molar-refractivity contribution >= 4 is 61.7 Å². The third-order valence-corrected chi connectivity index (χ3v) is 3.56. The molecule has 0 atom stereocenters. The van der Waals surface area contributed by atoms with Gasteiger partial charge in [-0.05, 0) is 40.3 Å². The van der Waals surface area contributed by atoms with E-state index in [9.17, 15) is 0 Å². The zero-order valence-electron chi connectivity index (χ0n) is 5.37. The molecule has 0 aliphatic carbocycles. The van der Waals surface area contributed by atoms with Gasteiger partial charge in [0.15, 0.2) is 0 Å². The summed E-state index contributed by atoms with van der Waals surface area (Å²) in [5.41, 5.74) is 1.17. The van der Waals surface area contributed by atoms with Crippen LogP contribution in [0.3, 0.4) is 0 Å². The number of rotatable bonds is 1. The molecule has 0 N–H and O–H groups in total. The predicted octanol–water partition coefficient (Wildman–Crippen LogP) is 4.49. The smallest absolute Gasteiger partial charge is 0.0603 e. The van der Waals surface area contributed by atoms with E-state index >= 15 is 0 Å². The average molecular weight is 366 g/mol. The maximum absolute atomic E-state index is 5.81. The van der Waals surface area contributed by atoms with Crippen molar-refractivity contribution in [3.05, 3.63) is 31.3 Å². The Kier molecular flexibility index (Phi) is 3.95. The van der Waals surface area contributed by atoms with Crippen LogP contribution in [0.2, 0.25) is 10.0 Å². The van der Waals surface area contributed by atoms with Gasteiger partial charge >= 0.3 is 0 Å². The van der Waals surface area contributed by atoms with Crippen LogP contribution in [0.4, 0.5) is 0 Å². The summed E-state index contributed by atoms with van der Waals surface area (Å²) in [5, 5.41) is 2.03. The van der Waals surface area contributed by atoms with Crippen molar-refractivity contribution in [1.29, 1.82) is 0 Å². The van der Waals surface area contributed by atoms with Crippen LogP contribution in [0.15, 0.2) is 12.1 Å². The summed E-state index contributed by atoms with van der Waals surface area (Å²) in [6, 6.07) is 3.74. The molecule has 1 aromatic carbocycles. The fourth-order valence-electron chi connectivity index (χ4n) is 0.666. The van der Waals surface area contributed by atoms with E-state index in [0.29, 0.717) is 10.0 Å². The lowest BCUT2D eigenvalue weighted by atomic mass is 10.2. The minimum absolute atomic E-state index is 0.612. The van der Waals surface area contributed by atoms with Gasteiger partial charge in [-0.15, -0.1) is 0 Å². The van der Waals surface area contributed by atoms with E-state index < -0.39 is 0 Å². The van der Waals surface area contributed by atoms with Crippen molar-refractivity contribution in [2.75, 3.05) is 0 Å². The summed E-state index contributed by atoms with van der Waals surface area (Å²) < 4.78 is 1.13. The highest BCUT2D eigenvalue weighted by atomic mass is 127. The SMILES string of the molecule is Clc1cc(I)c(CBr)cc1Cl. The van der Waals surface area contributed by atoms with E-state index in [1.807, 2.05) is 12.1 Å². The van der Waals surface area contributed by atoms with Crippen LogP contribution in [0.1, 0.15) is 5.56 Å². The molecule has 0 bridgehead atoms. The van der Waals surface area contributed by atoms with Gasteiger partial charge in [0.05, 0.1) is 10.0 Å². The van der Waals surface area contributed by atoms with Gasteiger partial charge < -0.3 is 0 Å². The Labute approximate surface area is 97.5 Å². The minimum Gasteiger partial charge on any atom is -0.0876 e. The summed E-state index contributed by atoms with van der Waals surface area (Å²) >= 11 is 17.2. The largest absolute Gasteiger partial charge is 0.0876 e. The fraction of sp³-hybridized carbons (Fsp3) is 0.143. The highest BCUT2D eigenvalue weighted by molar-refractivity contribution is 14.1. The van der Waals surface area contributed by atoms with Gasteiger partial charge in [-0.1, -0.05) is 39.1 Å². The Hall–Kier alpha value is 1.01. The first-order valence-electron chi connectivity index (χ1n) is 2.84. The van der Waals surface area contributed by atoms with Gasteiger partial charge in [0.25, 0.3) is 0 Å². The Balaban J connectivity index is 3.21. The molecule has 0 aromatic heterocycles. The third-order valence-electron chi connectivity index (χ3n) is 1.23. The summed E-state index contributed by atoms with van der Waals surface area (Å²) in [4.78, 5) is 0. The second-order valence-electron chi connectivity index (χ2n) is 1.99. The zero-order chi connectivity index (χ0) is 8.43. The van der Waals surface area contributed by atoms with Crippen molar-refractivity contribution < 1.29 is 0 Å². The van der Waals surface area contributed by atoms with Gasteiger partial charge in [0.1, 0.15) is 0 Å². The minimum atomic E-state index is 0.612. The molecule has 11 heavy (non-hydrogen) atoms. The lowest BCUT2D eigenvalue weighted by Crippen LogP contribution is -1.83. The summed E-state index contributed by atoms with van der Waals surface area (Å²) in [6.45, 7) is 0. The average Bonchev–Trinajstić information content (AvgIpc) is 1.97. The van der Waals surface area contributed by atoms with Crippen LogP contribution in [0, 0.1) is 3.57 Å². The van der Waals surface area contributed by atoms with Crippen LogP contribution in [-0.4, -0.2) is 0 Å². The number of benzene rings is 1. The Bertz CT molecular complexity index is 275. The van der Waals surface area contributed by atoms with Crippen LogP contribution in [-0.2, 0) is 5.33 Å². The quantitative estimate of drug-likeness (QED) is 0.391. The van der Waals surface area contributed by atoms with E-state index in [4.69, 9.17) is 23.2 Å². The molecule has 0 saturated carbocycles. The molecule has 1 aromatic rings. The molecule has 1 rings (SSSR count). The van der Waals surface area contributed by atoms with Crippen LogP contribution >= 0.6 is 61.7 Å². The molecule has 0 unspecified atom stereocenters. The molecule has 4 heteroatoms. The van der Waals surface area contributed by atoms with E-state index in [1.54, 1.807) is 0 Å². The lowest BCUT2D eigenvalue weighted by molar-refractivity contribution is 1.40. The first-order valence-corrected chi connectivity index (χ1v) is 5.80. The summed E-state index contributed by atoms with van der Waals surface area (Å²) in [6.07, 6.45) is 0. The van der Waals surface area contributed by atoms with Gasteiger partial charge in [-0.25, -0.2) is 0 Å². The molecule has 0 aliphatic heterocycles. The van der Waals surface area contributed by atoms with Crippen molar-refractivity contribution in [1.82, 2.24) is 0 Å². The topological polar surface area (TPSA) is 0 Å². The normalized spacial score (nSPS) is 10.2. The molecule has 0 aliphatic rings. The maximum atomic E-state index is 5.81. The molecule has 0 heterocycles. The zero-order valence-corrected chi connectivity index (χ0v) is 10.6. The Morgan fingerprint density at radius 2 is 1.82 bits per heavy atom. The second kappa shape index (κ2) is 4.30. The maximum Gasteiger partial charge on any atom is 0.0603 e. The van der Waals surface area contributed by atoms with Gasteiger partial charge in [0.2, 0.25) is 0 Å². The number of hydrogen-bond donors (Lipinski definition) is 0. The molecule has 0 amide bonds. The molecular formula is C7H4BrCl2I. The van der Waals surface area contributed by atoms with Crippen LogP contribution in [0.5, 0.6) is 0 Å². The predicted molar refractivity (Wildman–Crippen MR) is 61.8 cm³/mol. The van der Waals surface area contributed by atoms with Crippen molar-refractivity contribution in [2.45, 2.75) is 5.33 Å². The number of hydrogen-bond acceptors (Lipinski definition) is 0. The van der Waals surface area contributed by atoms with E-state index in [0.717, 1.165) is 8.90 Å². The van der Waals surface area contributed by atoms with E-state index in [2.05, 4.69) is 38.5 Å². The number of halogens is 4. The highest BCUT2D eigenvalue weighted by Crippen LogP contribution is 2.27. The Morgan fingerprint density at radius 3 is 2.36 bits per heavy atom. The number of alkyl halides is 1. The molecule has 0 fully saturated rings. The third kappa shape index (κ3) is 2.47. The van der Waals surface area contributed by atoms with Gasteiger partial charge in [-0.3, -0.25) is 0 Å². The van der Waals surface area contributed by atoms with Crippen LogP contribution < -0.4 is 0 Å².